The molecule has 0 bridgehead atoms. The third-order valence-electron chi connectivity index (χ3n) is 4.32. The van der Waals surface area contributed by atoms with Crippen LogP contribution in [0.1, 0.15) is 23.6 Å². The average molecular weight is 386 g/mol. The van der Waals surface area contributed by atoms with Crippen molar-refractivity contribution < 1.29 is 23.9 Å². The molecular weight excluding hydrogens is 363 g/mol. The van der Waals surface area contributed by atoms with Crippen molar-refractivity contribution in [2.45, 2.75) is 38.8 Å². The highest BCUT2D eigenvalue weighted by Crippen LogP contribution is 2.11. The molecule has 2 aromatic carbocycles. The number of carboxylic acid groups (broad SMARTS) is 1. The van der Waals surface area contributed by atoms with Crippen molar-refractivity contribution in [2.75, 3.05) is 0 Å². The lowest BCUT2D eigenvalue weighted by Gasteiger charge is -2.21. The number of rotatable bonds is 8. The lowest BCUT2D eigenvalue weighted by atomic mass is 10.00. The number of carboxylic acids is 1. The molecule has 0 aliphatic carbocycles. The Morgan fingerprint density at radius 1 is 1.00 bits per heavy atom. The number of benzene rings is 2. The number of nitrogens with one attached hydrogen (secondary N) is 2. The van der Waals surface area contributed by atoms with Gasteiger partial charge >= 0.3 is 5.97 Å². The summed E-state index contributed by atoms with van der Waals surface area (Å²) >= 11 is 0. The van der Waals surface area contributed by atoms with E-state index < -0.39 is 35.7 Å². The molecule has 0 aliphatic rings. The zero-order chi connectivity index (χ0) is 20.7. The van der Waals surface area contributed by atoms with E-state index in [1.54, 1.807) is 18.2 Å². The van der Waals surface area contributed by atoms with Crippen LogP contribution in [0.2, 0.25) is 0 Å². The number of aliphatic carboxylic acids is 1. The summed E-state index contributed by atoms with van der Waals surface area (Å²) in [5.74, 6) is -2.71. The molecule has 7 heteroatoms. The van der Waals surface area contributed by atoms with Crippen molar-refractivity contribution in [3.63, 3.8) is 0 Å². The smallest absolute Gasteiger partial charge is 0.326 e. The van der Waals surface area contributed by atoms with Gasteiger partial charge in [-0.05, 0) is 35.7 Å². The summed E-state index contributed by atoms with van der Waals surface area (Å²) in [5, 5.41) is 14.5. The molecule has 6 nitrogen and oxygen atoms in total. The van der Waals surface area contributed by atoms with Crippen LogP contribution in [0.3, 0.4) is 0 Å². The van der Waals surface area contributed by atoms with Crippen molar-refractivity contribution in [1.29, 1.82) is 0 Å². The Morgan fingerprint density at radius 2 is 1.71 bits per heavy atom. The molecule has 2 amide bonds. The minimum absolute atomic E-state index is 0.0415. The standard InChI is InChI=1S/C21H23FN2O4/c1-13-6-3-4-8-16(13)12-19(21(27)28)24-20(26)18(23-14(2)25)11-15-7-5-9-17(22)10-15/h3-10,18-19H,11-12H2,1-2H3,(H,23,25)(H,24,26)(H,27,28)/t18-,19+/m1/s1. The van der Waals surface area contributed by atoms with Crippen LogP contribution >= 0.6 is 0 Å². The van der Waals surface area contributed by atoms with E-state index in [-0.39, 0.29) is 12.8 Å². The maximum atomic E-state index is 13.4. The maximum Gasteiger partial charge on any atom is 0.326 e. The zero-order valence-corrected chi connectivity index (χ0v) is 15.7. The van der Waals surface area contributed by atoms with Crippen LogP contribution in [0.4, 0.5) is 4.39 Å². The van der Waals surface area contributed by atoms with Crippen molar-refractivity contribution in [3.05, 3.63) is 71.0 Å². The van der Waals surface area contributed by atoms with E-state index in [0.29, 0.717) is 5.56 Å². The van der Waals surface area contributed by atoms with Crippen molar-refractivity contribution in [3.8, 4) is 0 Å². The predicted octanol–water partition coefficient (Wildman–Crippen LogP) is 1.99. The molecule has 0 radical (unpaired) electrons. The van der Waals surface area contributed by atoms with Gasteiger partial charge in [-0.3, -0.25) is 9.59 Å². The first-order chi connectivity index (χ1) is 13.3. The highest BCUT2D eigenvalue weighted by molar-refractivity contribution is 5.90. The Labute approximate surface area is 162 Å². The number of amides is 2. The first kappa shape index (κ1) is 21.1. The number of carbonyl (C=O) groups is 3. The van der Waals surface area contributed by atoms with Crippen LogP contribution in [0.25, 0.3) is 0 Å². The molecular formula is C21H23FN2O4. The van der Waals surface area contributed by atoms with Gasteiger partial charge in [0.05, 0.1) is 0 Å². The number of hydrogen-bond acceptors (Lipinski definition) is 3. The summed E-state index contributed by atoms with van der Waals surface area (Å²) in [5.41, 5.74) is 2.23. The Morgan fingerprint density at radius 3 is 2.32 bits per heavy atom. The molecule has 0 spiro atoms. The van der Waals surface area contributed by atoms with E-state index in [0.717, 1.165) is 11.1 Å². The van der Waals surface area contributed by atoms with Gasteiger partial charge in [0.15, 0.2) is 0 Å². The van der Waals surface area contributed by atoms with Crippen LogP contribution in [-0.2, 0) is 27.2 Å². The van der Waals surface area contributed by atoms with E-state index in [4.69, 9.17) is 0 Å². The van der Waals surface area contributed by atoms with Gasteiger partial charge in [-0.2, -0.15) is 0 Å². The molecule has 28 heavy (non-hydrogen) atoms. The van der Waals surface area contributed by atoms with E-state index in [2.05, 4.69) is 10.6 Å². The molecule has 0 fully saturated rings. The molecule has 0 saturated heterocycles. The molecule has 148 valence electrons. The van der Waals surface area contributed by atoms with Crippen LogP contribution in [0, 0.1) is 12.7 Å². The molecule has 0 heterocycles. The third kappa shape index (κ3) is 6.19. The average Bonchev–Trinajstić information content (AvgIpc) is 2.61. The van der Waals surface area contributed by atoms with Gasteiger partial charge in [-0.25, -0.2) is 9.18 Å². The summed E-state index contributed by atoms with van der Waals surface area (Å²) in [6.07, 6.45) is 0.153. The summed E-state index contributed by atoms with van der Waals surface area (Å²) in [4.78, 5) is 35.8. The molecule has 0 saturated carbocycles. The van der Waals surface area contributed by atoms with Gasteiger partial charge in [0.1, 0.15) is 17.9 Å². The molecule has 2 aromatic rings. The van der Waals surface area contributed by atoms with Gasteiger partial charge in [0.2, 0.25) is 11.8 Å². The number of carbonyl (C=O) groups excluding carboxylic acids is 2. The second-order valence-corrected chi connectivity index (χ2v) is 6.62. The maximum absolute atomic E-state index is 13.4. The van der Waals surface area contributed by atoms with E-state index in [1.807, 2.05) is 19.1 Å². The Kier molecular flexibility index (Phi) is 7.26. The van der Waals surface area contributed by atoms with E-state index >= 15 is 0 Å². The van der Waals surface area contributed by atoms with Crippen molar-refractivity contribution in [1.82, 2.24) is 10.6 Å². The van der Waals surface area contributed by atoms with Gasteiger partial charge < -0.3 is 15.7 Å². The largest absolute Gasteiger partial charge is 0.480 e. The quantitative estimate of drug-likeness (QED) is 0.647. The fraction of sp³-hybridized carbons (Fsp3) is 0.286. The third-order valence-corrected chi connectivity index (χ3v) is 4.32. The van der Waals surface area contributed by atoms with Gasteiger partial charge in [0, 0.05) is 19.8 Å². The van der Waals surface area contributed by atoms with Gasteiger partial charge in [-0.15, -0.1) is 0 Å². The lowest BCUT2D eigenvalue weighted by molar-refractivity contribution is -0.142. The minimum atomic E-state index is -1.18. The second kappa shape index (κ2) is 9.64. The lowest BCUT2D eigenvalue weighted by Crippen LogP contribution is -2.52. The van der Waals surface area contributed by atoms with Crippen LogP contribution in [0.5, 0.6) is 0 Å². The summed E-state index contributed by atoms with van der Waals surface area (Å²) < 4.78 is 13.4. The Hall–Kier alpha value is -3.22. The normalized spacial score (nSPS) is 12.7. The number of aryl methyl sites for hydroxylation is 1. The zero-order valence-electron chi connectivity index (χ0n) is 15.7. The van der Waals surface area contributed by atoms with Crippen LogP contribution in [-0.4, -0.2) is 35.0 Å². The predicted molar refractivity (Wildman–Crippen MR) is 102 cm³/mol. The number of hydrogen-bond donors (Lipinski definition) is 3. The monoisotopic (exact) mass is 386 g/mol. The molecule has 0 aliphatic heterocycles. The molecule has 2 atom stereocenters. The topological polar surface area (TPSA) is 95.5 Å². The van der Waals surface area contributed by atoms with Gasteiger partial charge in [-0.1, -0.05) is 36.4 Å². The van der Waals surface area contributed by atoms with Crippen LogP contribution < -0.4 is 10.6 Å². The van der Waals surface area contributed by atoms with Crippen molar-refractivity contribution in [2.24, 2.45) is 0 Å². The first-order valence-electron chi connectivity index (χ1n) is 8.85. The van der Waals surface area contributed by atoms with Crippen molar-refractivity contribution >= 4 is 17.8 Å². The Balaban J connectivity index is 2.15. The summed E-state index contributed by atoms with van der Waals surface area (Å²) in [7, 11) is 0. The highest BCUT2D eigenvalue weighted by Gasteiger charge is 2.26. The number of halogens is 1. The van der Waals surface area contributed by atoms with E-state index in [9.17, 15) is 23.9 Å². The summed E-state index contributed by atoms with van der Waals surface area (Å²) in [6.45, 7) is 3.12. The minimum Gasteiger partial charge on any atom is -0.480 e. The fourth-order valence-electron chi connectivity index (χ4n) is 2.89. The fourth-order valence-corrected chi connectivity index (χ4v) is 2.89. The first-order valence-corrected chi connectivity index (χ1v) is 8.85. The van der Waals surface area contributed by atoms with Crippen LogP contribution in [0.15, 0.2) is 48.5 Å². The van der Waals surface area contributed by atoms with Gasteiger partial charge in [0.25, 0.3) is 0 Å². The Bertz CT molecular complexity index is 869. The molecule has 0 aromatic heterocycles. The molecule has 2 rings (SSSR count). The van der Waals surface area contributed by atoms with E-state index in [1.165, 1.54) is 25.1 Å². The highest BCUT2D eigenvalue weighted by atomic mass is 19.1. The molecule has 0 unspecified atom stereocenters. The summed E-state index contributed by atoms with van der Waals surface area (Å²) in [6, 6.07) is 10.8. The molecule has 3 N–H and O–H groups in total. The SMILES string of the molecule is CC(=O)N[C@H](Cc1cccc(F)c1)C(=O)N[C@@H](Cc1ccccc1C)C(=O)O. The second-order valence-electron chi connectivity index (χ2n) is 6.62.